The first kappa shape index (κ1) is 30.2. The lowest BCUT2D eigenvalue weighted by atomic mass is 10.1. The fourth-order valence-electron chi connectivity index (χ4n) is 2.41. The van der Waals surface area contributed by atoms with E-state index in [0.717, 1.165) is 6.54 Å². The third kappa shape index (κ3) is 17.9. The van der Waals surface area contributed by atoms with Gasteiger partial charge in [-0.1, -0.05) is 20.1 Å². The molecule has 2 atom stereocenters. The zero-order valence-corrected chi connectivity index (χ0v) is 20.0. The molecule has 0 aliphatic rings. The summed E-state index contributed by atoms with van der Waals surface area (Å²) in [6.07, 6.45) is 0.553. The molecule has 2 unspecified atom stereocenters. The molecule has 0 amide bonds. The van der Waals surface area contributed by atoms with E-state index in [2.05, 4.69) is 23.8 Å². The van der Waals surface area contributed by atoms with Crippen molar-refractivity contribution in [2.45, 2.75) is 27.2 Å². The van der Waals surface area contributed by atoms with E-state index < -0.39 is 5.97 Å². The van der Waals surface area contributed by atoms with E-state index in [0.29, 0.717) is 70.2 Å². The quantitative estimate of drug-likeness (QED) is 0.132. The van der Waals surface area contributed by atoms with Gasteiger partial charge in [0, 0.05) is 55.8 Å². The van der Waals surface area contributed by atoms with Gasteiger partial charge in [0.25, 0.3) is 0 Å². The number of hydrogen-bond acceptors (Lipinski definition) is 9. The summed E-state index contributed by atoms with van der Waals surface area (Å²) in [7, 11) is 0. The maximum absolute atomic E-state index is 11.5. The minimum absolute atomic E-state index is 0.0417. The summed E-state index contributed by atoms with van der Waals surface area (Å²) in [6, 6.07) is 0. The second-order valence-electron chi connectivity index (χ2n) is 7.87. The van der Waals surface area contributed by atoms with Gasteiger partial charge in [0.2, 0.25) is 0 Å². The number of carbonyl (C=O) groups is 2. The summed E-state index contributed by atoms with van der Waals surface area (Å²) >= 11 is 0. The Kier molecular flexibility index (Phi) is 18.8. The number of aliphatic hydroxyl groups excluding tert-OH is 1. The van der Waals surface area contributed by atoms with Gasteiger partial charge in [-0.15, -0.1) is 0 Å². The predicted octanol–water partition coefficient (Wildman–Crippen LogP) is 1.07. The Balaban J connectivity index is 3.54. The first-order valence-corrected chi connectivity index (χ1v) is 11.1. The molecule has 3 N–H and O–H groups in total. The smallest absolute Gasteiger partial charge is 0.333 e. The van der Waals surface area contributed by atoms with Crippen LogP contribution in [0.15, 0.2) is 24.3 Å². The summed E-state index contributed by atoms with van der Waals surface area (Å²) in [5.41, 5.74) is 0.771. The van der Waals surface area contributed by atoms with Crippen molar-refractivity contribution in [2.75, 3.05) is 72.4 Å². The molecule has 0 radical (unpaired) electrons. The molecule has 0 aliphatic carbocycles. The van der Waals surface area contributed by atoms with Gasteiger partial charge >= 0.3 is 11.9 Å². The van der Waals surface area contributed by atoms with Crippen LogP contribution in [-0.2, 0) is 28.5 Å². The van der Waals surface area contributed by atoms with E-state index in [9.17, 15) is 9.59 Å². The number of nitrogens with one attached hydrogen (secondary N) is 2. The van der Waals surface area contributed by atoms with E-state index in [1.807, 2.05) is 6.92 Å². The molecule has 9 nitrogen and oxygen atoms in total. The summed E-state index contributed by atoms with van der Waals surface area (Å²) in [4.78, 5) is 22.8. The third-order valence-corrected chi connectivity index (χ3v) is 4.33. The first-order chi connectivity index (χ1) is 15.3. The Hall–Kier alpha value is -1.78. The van der Waals surface area contributed by atoms with Crippen LogP contribution in [0, 0.1) is 11.8 Å². The third-order valence-electron chi connectivity index (χ3n) is 4.33. The van der Waals surface area contributed by atoms with Crippen molar-refractivity contribution in [3.63, 3.8) is 0 Å². The minimum Gasteiger partial charge on any atom is -0.462 e. The summed E-state index contributed by atoms with van der Waals surface area (Å²) in [5.74, 6) is -0.515. The SMILES string of the molecule is C=C(C)C(=O)OCC(C)CNCCOCCOCCNCC(CCO)COC(=O)C(=C)C. The lowest BCUT2D eigenvalue weighted by Gasteiger charge is -2.17. The number of carbonyl (C=O) groups excluding carboxylic acids is 2. The molecule has 0 aromatic rings. The van der Waals surface area contributed by atoms with Crippen LogP contribution in [0.2, 0.25) is 0 Å². The van der Waals surface area contributed by atoms with Crippen LogP contribution >= 0.6 is 0 Å². The van der Waals surface area contributed by atoms with Gasteiger partial charge in [-0.3, -0.25) is 0 Å². The van der Waals surface area contributed by atoms with E-state index in [1.165, 1.54) is 0 Å². The Morgan fingerprint density at radius 2 is 1.34 bits per heavy atom. The molecule has 0 fully saturated rings. The molecule has 0 bridgehead atoms. The van der Waals surface area contributed by atoms with Crippen molar-refractivity contribution in [2.24, 2.45) is 11.8 Å². The van der Waals surface area contributed by atoms with Crippen LogP contribution in [0.25, 0.3) is 0 Å². The molecule has 0 saturated heterocycles. The van der Waals surface area contributed by atoms with Crippen molar-refractivity contribution in [1.82, 2.24) is 10.6 Å². The molecular formula is C23H42N2O7. The van der Waals surface area contributed by atoms with Crippen molar-refractivity contribution in [3.8, 4) is 0 Å². The molecule has 0 aromatic carbocycles. The summed E-state index contributed by atoms with van der Waals surface area (Å²) in [6.45, 7) is 17.9. The highest BCUT2D eigenvalue weighted by molar-refractivity contribution is 5.87. The van der Waals surface area contributed by atoms with Crippen LogP contribution in [0.1, 0.15) is 27.2 Å². The minimum atomic E-state index is -0.412. The zero-order chi connectivity index (χ0) is 24.2. The number of hydrogen-bond donors (Lipinski definition) is 3. The monoisotopic (exact) mass is 458 g/mol. The Morgan fingerprint density at radius 3 is 1.84 bits per heavy atom. The van der Waals surface area contributed by atoms with Crippen LogP contribution in [0.3, 0.4) is 0 Å². The topological polar surface area (TPSA) is 115 Å². The van der Waals surface area contributed by atoms with Gasteiger partial charge in [-0.2, -0.15) is 0 Å². The molecule has 0 rings (SSSR count). The lowest BCUT2D eigenvalue weighted by Crippen LogP contribution is -2.30. The van der Waals surface area contributed by atoms with Crippen molar-refractivity contribution in [1.29, 1.82) is 0 Å². The molecule has 0 saturated carbocycles. The van der Waals surface area contributed by atoms with E-state index >= 15 is 0 Å². The maximum Gasteiger partial charge on any atom is 0.333 e. The van der Waals surface area contributed by atoms with Crippen LogP contribution in [0.4, 0.5) is 0 Å². The van der Waals surface area contributed by atoms with Gasteiger partial charge in [-0.25, -0.2) is 9.59 Å². The Morgan fingerprint density at radius 1 is 0.844 bits per heavy atom. The largest absolute Gasteiger partial charge is 0.462 e. The first-order valence-electron chi connectivity index (χ1n) is 11.1. The molecule has 32 heavy (non-hydrogen) atoms. The fraction of sp³-hybridized carbons (Fsp3) is 0.739. The summed E-state index contributed by atoms with van der Waals surface area (Å²) < 4.78 is 21.3. The summed E-state index contributed by atoms with van der Waals surface area (Å²) in [5, 5.41) is 15.6. The molecule has 0 aromatic heterocycles. The molecule has 9 heteroatoms. The standard InChI is InChI=1S/C23H42N2O7/c1-18(2)22(27)31-16-20(5)14-24-7-10-29-12-13-30-11-8-25-15-21(6-9-26)17-32-23(28)19(3)4/h20-21,24-26H,1,3,6-17H2,2,4-5H3. The molecule has 0 spiro atoms. The average Bonchev–Trinajstić information content (AvgIpc) is 2.75. The lowest BCUT2D eigenvalue weighted by molar-refractivity contribution is -0.141. The van der Waals surface area contributed by atoms with Gasteiger partial charge in [-0.05, 0) is 20.3 Å². The highest BCUT2D eigenvalue weighted by atomic mass is 16.5. The van der Waals surface area contributed by atoms with E-state index in [1.54, 1.807) is 13.8 Å². The van der Waals surface area contributed by atoms with Gasteiger partial charge in [0.1, 0.15) is 0 Å². The molecule has 0 aliphatic heterocycles. The van der Waals surface area contributed by atoms with E-state index in [-0.39, 0.29) is 31.0 Å². The molecule has 186 valence electrons. The zero-order valence-electron chi connectivity index (χ0n) is 20.0. The highest BCUT2D eigenvalue weighted by Crippen LogP contribution is 2.04. The second kappa shape index (κ2) is 19.9. The van der Waals surface area contributed by atoms with Crippen LogP contribution in [-0.4, -0.2) is 89.5 Å². The molecular weight excluding hydrogens is 416 g/mol. The normalized spacial score (nSPS) is 12.8. The van der Waals surface area contributed by atoms with Crippen LogP contribution in [0.5, 0.6) is 0 Å². The van der Waals surface area contributed by atoms with Crippen LogP contribution < -0.4 is 10.6 Å². The second-order valence-corrected chi connectivity index (χ2v) is 7.87. The Labute approximate surface area is 192 Å². The van der Waals surface area contributed by atoms with Crippen molar-refractivity contribution < 1.29 is 33.6 Å². The van der Waals surface area contributed by atoms with Gasteiger partial charge in [0.15, 0.2) is 0 Å². The van der Waals surface area contributed by atoms with E-state index in [4.69, 9.17) is 24.1 Å². The van der Waals surface area contributed by atoms with Gasteiger partial charge < -0.3 is 34.7 Å². The Bertz CT molecular complexity index is 554. The number of ether oxygens (including phenoxy) is 4. The fourth-order valence-corrected chi connectivity index (χ4v) is 2.41. The number of esters is 2. The average molecular weight is 459 g/mol. The molecule has 0 heterocycles. The highest BCUT2D eigenvalue weighted by Gasteiger charge is 2.12. The number of rotatable bonds is 21. The van der Waals surface area contributed by atoms with Crippen molar-refractivity contribution >= 4 is 11.9 Å². The van der Waals surface area contributed by atoms with Gasteiger partial charge in [0.05, 0.1) is 39.6 Å². The maximum atomic E-state index is 11.5. The number of aliphatic hydroxyl groups is 1. The predicted molar refractivity (Wildman–Crippen MR) is 123 cm³/mol. The van der Waals surface area contributed by atoms with Crippen molar-refractivity contribution in [3.05, 3.63) is 24.3 Å².